The molecule has 0 spiro atoms. The van der Waals surface area contributed by atoms with Crippen molar-refractivity contribution in [2.75, 3.05) is 13.1 Å². The summed E-state index contributed by atoms with van der Waals surface area (Å²) in [4.78, 5) is 22.9. The third-order valence-corrected chi connectivity index (χ3v) is 5.27. The van der Waals surface area contributed by atoms with Gasteiger partial charge in [-0.25, -0.2) is 4.98 Å². The van der Waals surface area contributed by atoms with E-state index in [1.54, 1.807) is 12.5 Å². The summed E-state index contributed by atoms with van der Waals surface area (Å²) in [6, 6.07) is 4.22. The van der Waals surface area contributed by atoms with Crippen molar-refractivity contribution < 1.29 is 9.32 Å². The highest BCUT2D eigenvalue weighted by atomic mass is 16.5. The van der Waals surface area contributed by atoms with Crippen molar-refractivity contribution in [3.05, 3.63) is 54.1 Å². The van der Waals surface area contributed by atoms with Crippen molar-refractivity contribution in [3.63, 3.8) is 0 Å². The number of likely N-dealkylation sites (tertiary alicyclic amines) is 1. The lowest BCUT2D eigenvalue weighted by Crippen LogP contribution is -2.39. The first-order valence-electron chi connectivity index (χ1n) is 9.24. The molecule has 0 atom stereocenters. The van der Waals surface area contributed by atoms with Crippen LogP contribution in [0.25, 0.3) is 11.3 Å². The van der Waals surface area contributed by atoms with Gasteiger partial charge in [-0.05, 0) is 50.3 Å². The molecule has 1 aliphatic rings. The van der Waals surface area contributed by atoms with E-state index in [-0.39, 0.29) is 5.91 Å². The van der Waals surface area contributed by atoms with Crippen molar-refractivity contribution in [3.8, 4) is 11.3 Å². The van der Waals surface area contributed by atoms with E-state index in [1.165, 1.54) is 5.56 Å². The summed E-state index contributed by atoms with van der Waals surface area (Å²) in [5.41, 5.74) is 4.01. The second-order valence-electron chi connectivity index (χ2n) is 7.06. The lowest BCUT2D eigenvalue weighted by Gasteiger charge is -2.32. The van der Waals surface area contributed by atoms with Gasteiger partial charge in [-0.3, -0.25) is 9.78 Å². The highest BCUT2D eigenvalue weighted by Gasteiger charge is 2.24. The predicted octanol–water partition coefficient (Wildman–Crippen LogP) is 2.96. The molecule has 1 aliphatic heterocycles. The molecule has 1 amide bonds. The Morgan fingerprint density at radius 2 is 2.07 bits per heavy atom. The number of hydrogen-bond donors (Lipinski definition) is 0. The number of hydrogen-bond acceptors (Lipinski definition) is 5. The molecule has 1 fully saturated rings. The Bertz CT molecular complexity index is 904. The molecule has 27 heavy (non-hydrogen) atoms. The fourth-order valence-corrected chi connectivity index (χ4v) is 3.78. The zero-order valence-electron chi connectivity index (χ0n) is 15.6. The quantitative estimate of drug-likeness (QED) is 0.710. The Morgan fingerprint density at radius 3 is 2.74 bits per heavy atom. The summed E-state index contributed by atoms with van der Waals surface area (Å²) in [6.45, 7) is 5.76. The summed E-state index contributed by atoms with van der Waals surface area (Å²) in [5.74, 6) is 1.37. The first kappa shape index (κ1) is 17.5. The highest BCUT2D eigenvalue weighted by Crippen LogP contribution is 2.32. The molecule has 7 nitrogen and oxygen atoms in total. The Morgan fingerprint density at radius 1 is 1.26 bits per heavy atom. The zero-order valence-corrected chi connectivity index (χ0v) is 15.6. The predicted molar refractivity (Wildman–Crippen MR) is 100.0 cm³/mol. The third kappa shape index (κ3) is 3.63. The minimum atomic E-state index is 0.151. The molecule has 4 rings (SSSR count). The van der Waals surface area contributed by atoms with Crippen LogP contribution in [-0.4, -0.2) is 43.6 Å². The number of amides is 1. The van der Waals surface area contributed by atoms with Gasteiger partial charge in [0.1, 0.15) is 12.3 Å². The van der Waals surface area contributed by atoms with Crippen molar-refractivity contribution in [1.82, 2.24) is 24.6 Å². The molecule has 0 bridgehead atoms. The lowest BCUT2D eigenvalue weighted by molar-refractivity contribution is -0.132. The maximum absolute atomic E-state index is 12.4. The van der Waals surface area contributed by atoms with Crippen LogP contribution >= 0.6 is 0 Å². The topological polar surface area (TPSA) is 77.0 Å². The van der Waals surface area contributed by atoms with Gasteiger partial charge in [-0.15, -0.1) is 0 Å². The first-order valence-corrected chi connectivity index (χ1v) is 9.24. The standard InChI is InChI=1S/C20H23N5O2/c1-14-20(15(2)27-23-14)18-11-17(3-6-22-18)16-4-8-25(9-5-16)19(26)12-24-10-7-21-13-24/h3,6-7,10-11,13,16H,4-5,8-9,12H2,1-2H3. The summed E-state index contributed by atoms with van der Waals surface area (Å²) in [7, 11) is 0. The van der Waals surface area contributed by atoms with E-state index in [2.05, 4.69) is 27.3 Å². The fraction of sp³-hybridized carbons (Fsp3) is 0.400. The van der Waals surface area contributed by atoms with Gasteiger partial charge < -0.3 is 14.0 Å². The normalized spacial score (nSPS) is 15.3. The van der Waals surface area contributed by atoms with Crippen LogP contribution in [0.4, 0.5) is 0 Å². The molecule has 3 aromatic rings. The number of aryl methyl sites for hydroxylation is 2. The van der Waals surface area contributed by atoms with E-state index in [4.69, 9.17) is 4.52 Å². The van der Waals surface area contributed by atoms with Gasteiger partial charge in [-0.1, -0.05) is 5.16 Å². The van der Waals surface area contributed by atoms with Crippen molar-refractivity contribution in [2.24, 2.45) is 0 Å². The molecule has 3 aromatic heterocycles. The molecule has 0 aromatic carbocycles. The van der Waals surface area contributed by atoms with Crippen molar-refractivity contribution in [1.29, 1.82) is 0 Å². The van der Waals surface area contributed by atoms with Crippen molar-refractivity contribution >= 4 is 5.91 Å². The molecule has 0 saturated carbocycles. The smallest absolute Gasteiger partial charge is 0.242 e. The second kappa shape index (κ2) is 7.34. The zero-order chi connectivity index (χ0) is 18.8. The summed E-state index contributed by atoms with van der Waals surface area (Å²) in [5, 5.41) is 4.03. The number of imidazole rings is 1. The Balaban J connectivity index is 1.43. The van der Waals surface area contributed by atoms with E-state index in [1.807, 2.05) is 35.7 Å². The van der Waals surface area contributed by atoms with E-state index < -0.39 is 0 Å². The maximum Gasteiger partial charge on any atom is 0.242 e. The van der Waals surface area contributed by atoms with Gasteiger partial charge in [0.05, 0.1) is 23.3 Å². The van der Waals surface area contributed by atoms with E-state index in [0.717, 1.165) is 48.6 Å². The third-order valence-electron chi connectivity index (χ3n) is 5.27. The Hall–Kier alpha value is -2.96. The first-order chi connectivity index (χ1) is 13.1. The van der Waals surface area contributed by atoms with E-state index in [0.29, 0.717) is 12.5 Å². The molecule has 7 heteroatoms. The number of carbonyl (C=O) groups is 1. The van der Waals surface area contributed by atoms with Crippen LogP contribution in [0.2, 0.25) is 0 Å². The number of aromatic nitrogens is 4. The second-order valence-corrected chi connectivity index (χ2v) is 7.06. The van der Waals surface area contributed by atoms with Crippen LogP contribution in [-0.2, 0) is 11.3 Å². The number of piperidine rings is 1. The van der Waals surface area contributed by atoms with Gasteiger partial charge in [0.15, 0.2) is 0 Å². The van der Waals surface area contributed by atoms with Crippen LogP contribution in [0.15, 0.2) is 41.6 Å². The SMILES string of the molecule is Cc1noc(C)c1-c1cc(C2CCN(C(=O)Cn3ccnc3)CC2)ccn1. The van der Waals surface area contributed by atoms with Gasteiger partial charge in [0, 0.05) is 31.7 Å². The largest absolute Gasteiger partial charge is 0.361 e. The Labute approximate surface area is 158 Å². The highest BCUT2D eigenvalue weighted by molar-refractivity contribution is 5.76. The van der Waals surface area contributed by atoms with Gasteiger partial charge in [0.2, 0.25) is 5.91 Å². The average Bonchev–Trinajstić information content (AvgIpc) is 3.31. The van der Waals surface area contributed by atoms with Crippen LogP contribution in [0.1, 0.15) is 35.8 Å². The monoisotopic (exact) mass is 365 g/mol. The van der Waals surface area contributed by atoms with Crippen LogP contribution in [0.5, 0.6) is 0 Å². The fourth-order valence-electron chi connectivity index (χ4n) is 3.78. The maximum atomic E-state index is 12.4. The van der Waals surface area contributed by atoms with Crippen molar-refractivity contribution in [2.45, 2.75) is 39.2 Å². The number of carbonyl (C=O) groups excluding carboxylic acids is 1. The van der Waals surface area contributed by atoms with Gasteiger partial charge in [-0.2, -0.15) is 0 Å². The molecule has 0 unspecified atom stereocenters. The summed E-state index contributed by atoms with van der Waals surface area (Å²) >= 11 is 0. The van der Waals surface area contributed by atoms with Crippen LogP contribution in [0, 0.1) is 13.8 Å². The average molecular weight is 365 g/mol. The molecule has 0 N–H and O–H groups in total. The molecule has 140 valence electrons. The number of nitrogens with zero attached hydrogens (tertiary/aromatic N) is 5. The Kier molecular flexibility index (Phi) is 4.75. The van der Waals surface area contributed by atoms with Gasteiger partial charge >= 0.3 is 0 Å². The minimum absolute atomic E-state index is 0.151. The van der Waals surface area contributed by atoms with E-state index >= 15 is 0 Å². The molecule has 0 radical (unpaired) electrons. The minimum Gasteiger partial charge on any atom is -0.361 e. The summed E-state index contributed by atoms with van der Waals surface area (Å²) in [6.07, 6.45) is 8.96. The molecule has 0 aliphatic carbocycles. The lowest BCUT2D eigenvalue weighted by atomic mass is 9.89. The number of pyridine rings is 1. The number of rotatable bonds is 4. The molecular formula is C20H23N5O2. The molecule has 1 saturated heterocycles. The molecule has 4 heterocycles. The van der Waals surface area contributed by atoms with Crippen LogP contribution < -0.4 is 0 Å². The summed E-state index contributed by atoms with van der Waals surface area (Å²) < 4.78 is 7.09. The van der Waals surface area contributed by atoms with Gasteiger partial charge in [0.25, 0.3) is 0 Å². The van der Waals surface area contributed by atoms with E-state index in [9.17, 15) is 4.79 Å². The molecular weight excluding hydrogens is 342 g/mol. The van der Waals surface area contributed by atoms with Crippen LogP contribution in [0.3, 0.4) is 0 Å².